The van der Waals surface area contributed by atoms with Crippen LogP contribution in [0.4, 0.5) is 17.6 Å². The molecule has 11 nitrogen and oxygen atoms in total. The van der Waals surface area contributed by atoms with Gasteiger partial charge in [0.05, 0.1) is 59.4 Å². The molecule has 1 heterocycles. The molecule has 1 unspecified atom stereocenters. The van der Waals surface area contributed by atoms with Crippen molar-refractivity contribution in [1.82, 2.24) is 5.32 Å². The predicted octanol–water partition coefficient (Wildman–Crippen LogP) is 2.47. The second-order valence-corrected chi connectivity index (χ2v) is 7.71. The highest BCUT2D eigenvalue weighted by Gasteiger charge is 2.42. The Balaban J connectivity index is 0.000000824. The number of nitrogens with two attached hydrogens (primary N) is 1. The summed E-state index contributed by atoms with van der Waals surface area (Å²) < 4.78 is 63.8. The minimum absolute atomic E-state index is 0.0333. The predicted molar refractivity (Wildman–Crippen MR) is 126 cm³/mol. The average Bonchev–Trinajstić information content (AvgIpc) is 2.86. The monoisotopic (exact) mass is 582 g/mol. The van der Waals surface area contributed by atoms with E-state index in [1.807, 2.05) is 0 Å². The second kappa shape index (κ2) is 14.8. The number of carbonyl (C=O) groups is 4. The number of esters is 1. The summed E-state index contributed by atoms with van der Waals surface area (Å²) in [4.78, 5) is 43.7. The Kier molecular flexibility index (Phi) is 12.6. The van der Waals surface area contributed by atoms with E-state index in [0.29, 0.717) is 18.2 Å². The van der Waals surface area contributed by atoms with Gasteiger partial charge < -0.3 is 35.8 Å². The molecule has 1 aromatic carbocycles. The summed E-state index contributed by atoms with van der Waals surface area (Å²) in [5.41, 5.74) is 2.19. The molecule has 0 amide bonds. The van der Waals surface area contributed by atoms with Crippen molar-refractivity contribution >= 4 is 35.5 Å². The van der Waals surface area contributed by atoms with E-state index in [0.717, 1.165) is 19.2 Å². The van der Waals surface area contributed by atoms with Crippen LogP contribution in [-0.4, -0.2) is 72.7 Å². The number of hydrogen-bond acceptors (Lipinski definition) is 8. The molecule has 16 heteroatoms. The van der Waals surface area contributed by atoms with Crippen molar-refractivity contribution < 1.29 is 61.5 Å². The number of benzene rings is 1. The van der Waals surface area contributed by atoms with Gasteiger partial charge in [-0.1, -0.05) is 23.7 Å². The lowest BCUT2D eigenvalue weighted by Crippen LogP contribution is -2.36. The lowest BCUT2D eigenvalue weighted by molar-refractivity contribution is -0.137. The third-order valence-electron chi connectivity index (χ3n) is 4.82. The molecular formula is C23H23ClF4N2O9. The number of aliphatic carboxylic acids is 3. The van der Waals surface area contributed by atoms with Gasteiger partial charge >= 0.3 is 30.1 Å². The van der Waals surface area contributed by atoms with Crippen molar-refractivity contribution in [3.8, 4) is 0 Å². The van der Waals surface area contributed by atoms with Gasteiger partial charge in [-0.25, -0.2) is 23.6 Å². The fraction of sp³-hybridized carbons (Fsp3) is 0.304. The first kappa shape index (κ1) is 33.1. The van der Waals surface area contributed by atoms with Gasteiger partial charge in [-0.2, -0.15) is 13.2 Å². The quantitative estimate of drug-likeness (QED) is 0.118. The first-order chi connectivity index (χ1) is 18.2. The smallest absolute Gasteiger partial charge is 0.417 e. The summed E-state index contributed by atoms with van der Waals surface area (Å²) in [5, 5.41) is 27.1. The van der Waals surface area contributed by atoms with Crippen molar-refractivity contribution in [3.63, 3.8) is 0 Å². The van der Waals surface area contributed by atoms with E-state index >= 15 is 0 Å². The molecular weight excluding hydrogens is 560 g/mol. The van der Waals surface area contributed by atoms with Crippen LogP contribution in [0.25, 0.3) is 0 Å². The topological polar surface area (TPSA) is 185 Å². The van der Waals surface area contributed by atoms with Gasteiger partial charge in [0, 0.05) is 18.7 Å². The second-order valence-electron chi connectivity index (χ2n) is 7.33. The summed E-state index contributed by atoms with van der Waals surface area (Å²) in [7, 11) is 0.972. The van der Waals surface area contributed by atoms with E-state index in [4.69, 9.17) is 32.3 Å². The summed E-state index contributed by atoms with van der Waals surface area (Å²) in [6.45, 7) is -1.49. The Bertz CT molecular complexity index is 1180. The molecule has 39 heavy (non-hydrogen) atoms. The van der Waals surface area contributed by atoms with Gasteiger partial charge in [-0.15, -0.1) is 0 Å². The number of alkyl halides is 4. The highest BCUT2D eigenvalue weighted by Crippen LogP contribution is 2.45. The van der Waals surface area contributed by atoms with Crippen molar-refractivity contribution in [3.05, 3.63) is 69.0 Å². The van der Waals surface area contributed by atoms with E-state index in [-0.39, 0.29) is 36.7 Å². The number of dihydropyridines is 1. The van der Waals surface area contributed by atoms with Crippen LogP contribution >= 0.6 is 11.6 Å². The first-order valence-corrected chi connectivity index (χ1v) is 11.0. The van der Waals surface area contributed by atoms with E-state index in [1.165, 1.54) is 0 Å². The molecule has 1 aromatic rings. The van der Waals surface area contributed by atoms with Crippen molar-refractivity contribution in [1.29, 1.82) is 0 Å². The normalized spacial score (nSPS) is 15.4. The molecule has 2 rings (SSSR count). The standard InChI is InChI=1S/C19H19ClF4N2O5.C4H4O4/c1-30-18(29)15-11(7-21)26-12(8-31-6-5-25)14(17(27)28)13(15)9-3-2-4-10(16(9)20)19(22,23)24;5-3(6)1-2-4(7)8/h2-4,13,26H,5-8,25H2,1H3,(H,27,28);1-2H,(H,5,6)(H,7,8). The number of allylic oxidation sites excluding steroid dienone is 1. The fourth-order valence-electron chi connectivity index (χ4n) is 3.34. The number of halogens is 5. The van der Waals surface area contributed by atoms with Crippen LogP contribution in [0, 0.1) is 0 Å². The summed E-state index contributed by atoms with van der Waals surface area (Å²) in [5.74, 6) is -6.86. The number of hydrogen-bond donors (Lipinski definition) is 5. The number of ether oxygens (including phenoxy) is 2. The maximum absolute atomic E-state index is 13.8. The molecule has 0 aliphatic carbocycles. The van der Waals surface area contributed by atoms with Crippen LogP contribution in [0.1, 0.15) is 17.0 Å². The fourth-order valence-corrected chi connectivity index (χ4v) is 3.68. The van der Waals surface area contributed by atoms with Crippen molar-refractivity contribution in [2.24, 2.45) is 5.73 Å². The zero-order valence-electron chi connectivity index (χ0n) is 20.1. The lowest BCUT2D eigenvalue weighted by Gasteiger charge is -2.31. The van der Waals surface area contributed by atoms with Gasteiger partial charge in [0.1, 0.15) is 6.67 Å². The number of carboxylic acids is 3. The Labute approximate surface area is 223 Å². The summed E-state index contributed by atoms with van der Waals surface area (Å²) in [6.07, 6.45) is -3.73. The Morgan fingerprint density at radius 1 is 1.08 bits per heavy atom. The number of rotatable bonds is 10. The van der Waals surface area contributed by atoms with E-state index in [1.54, 1.807) is 0 Å². The largest absolute Gasteiger partial charge is 0.478 e. The lowest BCUT2D eigenvalue weighted by atomic mass is 9.79. The van der Waals surface area contributed by atoms with Crippen LogP contribution in [0.3, 0.4) is 0 Å². The third kappa shape index (κ3) is 9.08. The van der Waals surface area contributed by atoms with Crippen molar-refractivity contribution in [2.45, 2.75) is 12.1 Å². The van der Waals surface area contributed by atoms with Gasteiger partial charge in [0.2, 0.25) is 0 Å². The van der Waals surface area contributed by atoms with E-state index in [2.05, 4.69) is 10.1 Å². The third-order valence-corrected chi connectivity index (χ3v) is 5.24. The molecule has 0 radical (unpaired) electrons. The zero-order valence-corrected chi connectivity index (χ0v) is 20.8. The van der Waals surface area contributed by atoms with Crippen LogP contribution in [0.5, 0.6) is 0 Å². The van der Waals surface area contributed by atoms with Crippen LogP contribution in [-0.2, 0) is 34.8 Å². The van der Waals surface area contributed by atoms with Crippen LogP contribution in [0.15, 0.2) is 52.9 Å². The van der Waals surface area contributed by atoms with Crippen LogP contribution < -0.4 is 11.1 Å². The highest BCUT2D eigenvalue weighted by molar-refractivity contribution is 6.32. The Hall–Kier alpha value is -3.95. The molecule has 0 saturated carbocycles. The Morgan fingerprint density at radius 3 is 2.10 bits per heavy atom. The molecule has 214 valence electrons. The van der Waals surface area contributed by atoms with E-state index < -0.39 is 64.4 Å². The van der Waals surface area contributed by atoms with Gasteiger partial charge in [0.25, 0.3) is 0 Å². The molecule has 6 N–H and O–H groups in total. The zero-order chi connectivity index (χ0) is 29.9. The van der Waals surface area contributed by atoms with Gasteiger partial charge in [-0.3, -0.25) is 0 Å². The summed E-state index contributed by atoms with van der Waals surface area (Å²) >= 11 is 6.00. The molecule has 0 aromatic heterocycles. The molecule has 1 atom stereocenters. The molecule has 1 aliphatic heterocycles. The highest BCUT2D eigenvalue weighted by atomic mass is 35.5. The molecule has 1 aliphatic rings. The maximum Gasteiger partial charge on any atom is 0.417 e. The molecule has 0 spiro atoms. The minimum Gasteiger partial charge on any atom is -0.478 e. The maximum atomic E-state index is 13.8. The number of carbonyl (C=O) groups excluding carboxylic acids is 1. The number of nitrogens with one attached hydrogen (secondary N) is 1. The molecule has 0 saturated heterocycles. The number of carboxylic acid groups (broad SMARTS) is 3. The SMILES string of the molecule is COC(=O)C1=C(CF)NC(COCCN)=C(C(=O)O)C1c1cccc(C(F)(F)F)c1Cl.O=C(O)C=CC(=O)O. The first-order valence-electron chi connectivity index (χ1n) is 10.6. The van der Waals surface area contributed by atoms with Gasteiger partial charge in [-0.05, 0) is 11.6 Å². The Morgan fingerprint density at radius 2 is 1.67 bits per heavy atom. The minimum atomic E-state index is -4.85. The molecule has 0 bridgehead atoms. The average molecular weight is 583 g/mol. The summed E-state index contributed by atoms with van der Waals surface area (Å²) in [6, 6.07) is 2.85. The van der Waals surface area contributed by atoms with Crippen LogP contribution in [0.2, 0.25) is 5.02 Å². The van der Waals surface area contributed by atoms with Crippen molar-refractivity contribution in [2.75, 3.05) is 33.5 Å². The van der Waals surface area contributed by atoms with E-state index in [9.17, 15) is 41.8 Å². The number of methoxy groups -OCH3 is 1. The van der Waals surface area contributed by atoms with Gasteiger partial charge in [0.15, 0.2) is 0 Å². The molecule has 0 fully saturated rings.